The zero-order valence-corrected chi connectivity index (χ0v) is 25.4. The average molecular weight is 593 g/mol. The number of amides is 2. The van der Waals surface area contributed by atoms with Crippen molar-refractivity contribution < 1.29 is 14.3 Å². The van der Waals surface area contributed by atoms with E-state index < -0.39 is 6.04 Å². The molecule has 2 amide bonds. The first-order valence-electron chi connectivity index (χ1n) is 14.3. The van der Waals surface area contributed by atoms with Crippen molar-refractivity contribution in [2.24, 2.45) is 4.99 Å². The molecule has 1 atom stereocenters. The van der Waals surface area contributed by atoms with Crippen LogP contribution in [0, 0.1) is 0 Å². The minimum Gasteiger partial charge on any atom is -0.496 e. The van der Waals surface area contributed by atoms with Gasteiger partial charge in [0.1, 0.15) is 16.3 Å². The van der Waals surface area contributed by atoms with Crippen molar-refractivity contribution in [3.8, 4) is 5.75 Å². The number of hydrogen-bond donors (Lipinski definition) is 0. The normalized spacial score (nSPS) is 17.0. The van der Waals surface area contributed by atoms with E-state index in [0.717, 1.165) is 11.3 Å². The first-order valence-corrected chi connectivity index (χ1v) is 15.1. The van der Waals surface area contributed by atoms with Gasteiger partial charge < -0.3 is 14.5 Å². The van der Waals surface area contributed by atoms with Crippen LogP contribution in [0.15, 0.2) is 99.9 Å². The summed E-state index contributed by atoms with van der Waals surface area (Å²) in [5, 5.41) is 0. The zero-order chi connectivity index (χ0) is 30.2. The number of allylic oxidation sites excluding steroid dienone is 1. The molecule has 0 N–H and O–H groups in total. The molecule has 0 saturated carbocycles. The first kappa shape index (κ1) is 28.4. The van der Waals surface area contributed by atoms with Gasteiger partial charge in [0.25, 0.3) is 17.4 Å². The Bertz CT molecular complexity index is 1950. The van der Waals surface area contributed by atoms with E-state index in [0.29, 0.717) is 62.7 Å². The Morgan fingerprint density at radius 2 is 1.63 bits per heavy atom. The highest BCUT2D eigenvalue weighted by atomic mass is 32.1. The second-order valence-corrected chi connectivity index (χ2v) is 11.4. The number of para-hydroxylation sites is 2. The van der Waals surface area contributed by atoms with Crippen LogP contribution >= 0.6 is 11.3 Å². The summed E-state index contributed by atoms with van der Waals surface area (Å²) in [5.41, 5.74) is 4.07. The van der Waals surface area contributed by atoms with Crippen molar-refractivity contribution in [2.75, 3.05) is 25.1 Å². The van der Waals surface area contributed by atoms with Crippen LogP contribution in [0.3, 0.4) is 0 Å². The molecule has 0 saturated heterocycles. The van der Waals surface area contributed by atoms with Gasteiger partial charge >= 0.3 is 0 Å². The molecule has 4 aromatic rings. The van der Waals surface area contributed by atoms with Gasteiger partial charge in [-0.25, -0.2) is 4.99 Å². The number of hydrogen-bond acceptors (Lipinski definition) is 6. The lowest BCUT2D eigenvalue weighted by molar-refractivity contribution is -0.127. The van der Waals surface area contributed by atoms with E-state index in [9.17, 15) is 14.4 Å². The number of carbonyl (C=O) groups excluding carboxylic acids is 2. The number of likely N-dealkylation sites (N-methyl/N-ethyl adjacent to an activating group) is 1. The van der Waals surface area contributed by atoms with Gasteiger partial charge in [0.05, 0.1) is 36.2 Å². The molecule has 1 aromatic heterocycles. The topological polar surface area (TPSA) is 84.2 Å². The van der Waals surface area contributed by atoms with Gasteiger partial charge in [-0.1, -0.05) is 78.1 Å². The maximum absolute atomic E-state index is 14.5. The van der Waals surface area contributed by atoms with E-state index in [1.807, 2.05) is 92.7 Å². The Morgan fingerprint density at radius 3 is 2.35 bits per heavy atom. The molecule has 2 aliphatic heterocycles. The highest BCUT2D eigenvalue weighted by molar-refractivity contribution is 7.07. The molecule has 3 heterocycles. The van der Waals surface area contributed by atoms with Crippen molar-refractivity contribution in [2.45, 2.75) is 33.4 Å². The summed E-state index contributed by atoms with van der Waals surface area (Å²) in [6.45, 7) is 7.07. The Balaban J connectivity index is 1.60. The second-order valence-electron chi connectivity index (χ2n) is 10.4. The molecule has 8 nitrogen and oxygen atoms in total. The summed E-state index contributed by atoms with van der Waals surface area (Å²) in [7, 11) is 1.57. The fraction of sp³-hybridized carbons (Fsp3) is 0.235. The fourth-order valence-corrected chi connectivity index (χ4v) is 7.07. The second kappa shape index (κ2) is 11.5. The summed E-state index contributed by atoms with van der Waals surface area (Å²) in [4.78, 5) is 51.3. The Kier molecular flexibility index (Phi) is 7.58. The van der Waals surface area contributed by atoms with Crippen LogP contribution in [0.1, 0.15) is 43.5 Å². The average Bonchev–Trinajstić information content (AvgIpc) is 3.49. The zero-order valence-electron chi connectivity index (χ0n) is 24.5. The molecule has 0 aliphatic carbocycles. The summed E-state index contributed by atoms with van der Waals surface area (Å²) in [6.07, 6.45) is 0. The molecule has 3 aromatic carbocycles. The van der Waals surface area contributed by atoms with E-state index in [2.05, 4.69) is 0 Å². The van der Waals surface area contributed by atoms with Crippen LogP contribution in [-0.4, -0.2) is 41.5 Å². The highest BCUT2D eigenvalue weighted by Gasteiger charge is 2.38. The van der Waals surface area contributed by atoms with E-state index in [1.54, 1.807) is 28.4 Å². The number of thiazole rings is 1. The van der Waals surface area contributed by atoms with Crippen LogP contribution in [0.5, 0.6) is 5.75 Å². The number of fused-ring (bicyclic) bond motifs is 2. The number of carbonyl (C=O) groups is 2. The predicted molar refractivity (Wildman–Crippen MR) is 168 cm³/mol. The summed E-state index contributed by atoms with van der Waals surface area (Å²) >= 11 is 1.18. The van der Waals surface area contributed by atoms with Gasteiger partial charge in [0.2, 0.25) is 0 Å². The summed E-state index contributed by atoms with van der Waals surface area (Å²) in [6, 6.07) is 24.0. The Hall–Kier alpha value is -4.76. The molecule has 0 bridgehead atoms. The number of aromatic nitrogens is 1. The Morgan fingerprint density at radius 1 is 0.953 bits per heavy atom. The molecular formula is C34H32N4O4S. The van der Waals surface area contributed by atoms with Crippen LogP contribution < -0.4 is 24.5 Å². The number of rotatable bonds is 7. The standard InChI is InChI=1S/C34H32N4O4S/c1-5-36(6-2)31(39)27-21(3)35-34-38(29(27)24-17-11-13-19-26(24)42-4)33(41)30(43-34)28-23-16-10-12-18-25(23)37(32(28)40)20-22-14-8-7-9-15-22/h7-19,29H,5-6,20H2,1-4H3/b30-28+/t29-/m0/s1. The van der Waals surface area contributed by atoms with Gasteiger partial charge in [-0.2, -0.15) is 0 Å². The third-order valence-corrected chi connectivity index (χ3v) is 9.10. The van der Waals surface area contributed by atoms with Gasteiger partial charge in [-0.15, -0.1) is 0 Å². The van der Waals surface area contributed by atoms with Gasteiger partial charge in [-0.05, 0) is 38.5 Å². The lowest BCUT2D eigenvalue weighted by Gasteiger charge is -2.29. The van der Waals surface area contributed by atoms with Crippen molar-refractivity contribution in [3.05, 3.63) is 127 Å². The van der Waals surface area contributed by atoms with E-state index in [-0.39, 0.29) is 17.4 Å². The van der Waals surface area contributed by atoms with E-state index in [1.165, 1.54) is 11.3 Å². The molecule has 0 unspecified atom stereocenters. The molecule has 6 rings (SSSR count). The molecule has 0 radical (unpaired) electrons. The molecule has 0 fully saturated rings. The number of ether oxygens (including phenoxy) is 1. The molecule has 218 valence electrons. The van der Waals surface area contributed by atoms with E-state index >= 15 is 0 Å². The predicted octanol–water partition coefficient (Wildman–Crippen LogP) is 4.03. The minimum atomic E-state index is -0.776. The van der Waals surface area contributed by atoms with Crippen molar-refractivity contribution in [3.63, 3.8) is 0 Å². The van der Waals surface area contributed by atoms with Crippen molar-refractivity contribution >= 4 is 34.4 Å². The largest absolute Gasteiger partial charge is 0.496 e. The van der Waals surface area contributed by atoms with Crippen LogP contribution in [0.2, 0.25) is 0 Å². The molecule has 9 heteroatoms. The van der Waals surface area contributed by atoms with Gasteiger partial charge in [0.15, 0.2) is 4.80 Å². The number of benzene rings is 3. The van der Waals surface area contributed by atoms with Crippen LogP contribution in [-0.2, 0) is 16.1 Å². The van der Waals surface area contributed by atoms with Crippen molar-refractivity contribution in [1.29, 1.82) is 0 Å². The van der Waals surface area contributed by atoms with Gasteiger partial charge in [-0.3, -0.25) is 19.0 Å². The third-order valence-electron chi connectivity index (χ3n) is 8.05. The lowest BCUT2D eigenvalue weighted by atomic mass is 9.94. The number of nitrogens with zero attached hydrogens (tertiary/aromatic N) is 4. The monoisotopic (exact) mass is 592 g/mol. The number of anilines is 1. The fourth-order valence-electron chi connectivity index (χ4n) is 5.94. The smallest absolute Gasteiger partial charge is 0.271 e. The first-order chi connectivity index (χ1) is 20.9. The van der Waals surface area contributed by atoms with Crippen LogP contribution in [0.4, 0.5) is 5.69 Å². The van der Waals surface area contributed by atoms with Gasteiger partial charge in [0, 0.05) is 24.2 Å². The molecule has 2 aliphatic rings. The minimum absolute atomic E-state index is 0.184. The molecule has 43 heavy (non-hydrogen) atoms. The lowest BCUT2D eigenvalue weighted by Crippen LogP contribution is -2.43. The quantitative estimate of drug-likeness (QED) is 0.325. The summed E-state index contributed by atoms with van der Waals surface area (Å²) < 4.78 is 7.58. The maximum atomic E-state index is 14.5. The van der Waals surface area contributed by atoms with Crippen molar-refractivity contribution in [1.82, 2.24) is 9.47 Å². The summed E-state index contributed by atoms with van der Waals surface area (Å²) in [5.74, 6) is 0.136. The van der Waals surface area contributed by atoms with Crippen LogP contribution in [0.25, 0.3) is 5.57 Å². The maximum Gasteiger partial charge on any atom is 0.271 e. The SMILES string of the molecule is CCN(CC)C(=O)C1=C(C)N=c2s/c(=C3/C(=O)N(Cc4ccccc4)c4ccccc43)c(=O)n2[C@H]1c1ccccc1OC. The Labute approximate surface area is 253 Å². The number of methoxy groups -OCH3 is 1. The third kappa shape index (κ3) is 4.70. The molecular weight excluding hydrogens is 560 g/mol. The highest BCUT2D eigenvalue weighted by Crippen LogP contribution is 2.38. The molecule has 0 spiro atoms. The van der Waals surface area contributed by atoms with E-state index in [4.69, 9.17) is 9.73 Å².